The van der Waals surface area contributed by atoms with E-state index in [0.29, 0.717) is 12.4 Å². The van der Waals surface area contributed by atoms with E-state index < -0.39 is 0 Å². The first kappa shape index (κ1) is 13.4. The maximum Gasteiger partial charge on any atom is 0.131 e. The first-order chi connectivity index (χ1) is 10.3. The van der Waals surface area contributed by atoms with Gasteiger partial charge in [-0.3, -0.25) is 0 Å². The Labute approximate surface area is 122 Å². The van der Waals surface area contributed by atoms with E-state index in [0.717, 1.165) is 16.9 Å². The summed E-state index contributed by atoms with van der Waals surface area (Å²) in [5, 5.41) is 4.54. The molecule has 3 rings (SSSR count). The molecule has 0 aliphatic rings. The monoisotopic (exact) mass is 282 g/mol. The van der Waals surface area contributed by atoms with Crippen molar-refractivity contribution in [2.45, 2.75) is 6.92 Å². The van der Waals surface area contributed by atoms with Gasteiger partial charge < -0.3 is 4.74 Å². The molecule has 0 amide bonds. The molecule has 0 saturated carbocycles. The van der Waals surface area contributed by atoms with E-state index >= 15 is 0 Å². The van der Waals surface area contributed by atoms with Gasteiger partial charge in [0.15, 0.2) is 0 Å². The highest BCUT2D eigenvalue weighted by atomic mass is 19.1. The maximum atomic E-state index is 13.4. The Balaban J connectivity index is 2.00. The van der Waals surface area contributed by atoms with Crippen LogP contribution in [0.4, 0.5) is 4.39 Å². The van der Waals surface area contributed by atoms with Gasteiger partial charge >= 0.3 is 0 Å². The fourth-order valence-corrected chi connectivity index (χ4v) is 2.17. The lowest BCUT2D eigenvalue weighted by Crippen LogP contribution is -1.97. The third-order valence-corrected chi connectivity index (χ3v) is 3.13. The Hall–Kier alpha value is -2.62. The molecule has 21 heavy (non-hydrogen) atoms. The van der Waals surface area contributed by atoms with Crippen molar-refractivity contribution in [2.75, 3.05) is 6.61 Å². The van der Waals surface area contributed by atoms with Gasteiger partial charge in [0.25, 0.3) is 0 Å². The van der Waals surface area contributed by atoms with E-state index in [1.54, 1.807) is 10.7 Å². The molecule has 0 spiro atoms. The van der Waals surface area contributed by atoms with Gasteiger partial charge in [0, 0.05) is 17.8 Å². The van der Waals surface area contributed by atoms with Crippen LogP contribution in [0.1, 0.15) is 6.92 Å². The third-order valence-electron chi connectivity index (χ3n) is 3.13. The summed E-state index contributed by atoms with van der Waals surface area (Å²) in [4.78, 5) is 0. The molecule has 0 saturated heterocycles. The Bertz CT molecular complexity index is 738. The summed E-state index contributed by atoms with van der Waals surface area (Å²) < 4.78 is 20.6. The number of hydrogen-bond donors (Lipinski definition) is 0. The second-order valence-electron chi connectivity index (χ2n) is 4.55. The number of halogens is 1. The summed E-state index contributed by atoms with van der Waals surface area (Å²) >= 11 is 0. The molecule has 0 N–H and O–H groups in total. The fourth-order valence-electron chi connectivity index (χ4n) is 2.17. The molecule has 2 aromatic carbocycles. The first-order valence-corrected chi connectivity index (χ1v) is 6.82. The number of ether oxygens (including phenoxy) is 1. The lowest BCUT2D eigenvalue weighted by molar-refractivity contribution is 0.339. The third kappa shape index (κ3) is 2.79. The fraction of sp³-hybridized carbons (Fsp3) is 0.118. The molecule has 4 heteroatoms. The van der Waals surface area contributed by atoms with Gasteiger partial charge in [-0.25, -0.2) is 9.07 Å². The second kappa shape index (κ2) is 5.79. The minimum atomic E-state index is -0.315. The zero-order chi connectivity index (χ0) is 14.7. The molecule has 0 bridgehead atoms. The number of hydrogen-bond acceptors (Lipinski definition) is 2. The highest BCUT2D eigenvalue weighted by Gasteiger charge is 2.11. The van der Waals surface area contributed by atoms with Crippen molar-refractivity contribution in [3.05, 3.63) is 66.6 Å². The first-order valence-electron chi connectivity index (χ1n) is 6.82. The molecule has 3 nitrogen and oxygen atoms in total. The second-order valence-corrected chi connectivity index (χ2v) is 4.55. The smallest absolute Gasteiger partial charge is 0.131 e. The van der Waals surface area contributed by atoms with Crippen LogP contribution in [0.15, 0.2) is 60.8 Å². The summed E-state index contributed by atoms with van der Waals surface area (Å²) in [5.74, 6) is 0.195. The van der Waals surface area contributed by atoms with Gasteiger partial charge in [-0.2, -0.15) is 5.10 Å². The minimum absolute atomic E-state index is 0.315. The van der Waals surface area contributed by atoms with E-state index in [2.05, 4.69) is 5.10 Å². The van der Waals surface area contributed by atoms with Crippen molar-refractivity contribution in [3.8, 4) is 22.7 Å². The highest BCUT2D eigenvalue weighted by molar-refractivity contribution is 5.67. The van der Waals surface area contributed by atoms with E-state index in [1.807, 2.05) is 49.5 Å². The summed E-state index contributed by atoms with van der Waals surface area (Å²) in [5.41, 5.74) is 2.51. The predicted octanol–water partition coefficient (Wildman–Crippen LogP) is 4.08. The average molecular weight is 282 g/mol. The Morgan fingerprint density at radius 1 is 1.10 bits per heavy atom. The summed E-state index contributed by atoms with van der Waals surface area (Å²) in [6.07, 6.45) is 1.88. The van der Waals surface area contributed by atoms with Crippen LogP contribution in [0.2, 0.25) is 0 Å². The van der Waals surface area contributed by atoms with Gasteiger partial charge in [0.1, 0.15) is 11.6 Å². The Kier molecular flexibility index (Phi) is 3.69. The van der Waals surface area contributed by atoms with Gasteiger partial charge in [-0.05, 0) is 37.3 Å². The van der Waals surface area contributed by atoms with Gasteiger partial charge in [-0.15, -0.1) is 0 Å². The normalized spacial score (nSPS) is 10.6. The molecular weight excluding hydrogens is 267 g/mol. The van der Waals surface area contributed by atoms with Crippen LogP contribution < -0.4 is 4.74 Å². The van der Waals surface area contributed by atoms with E-state index in [-0.39, 0.29) is 5.82 Å². The largest absolute Gasteiger partial charge is 0.493 e. The molecule has 0 aliphatic heterocycles. The van der Waals surface area contributed by atoms with E-state index in [1.165, 1.54) is 12.1 Å². The number of para-hydroxylation sites is 1. The van der Waals surface area contributed by atoms with E-state index in [9.17, 15) is 4.39 Å². The summed E-state index contributed by atoms with van der Waals surface area (Å²) in [7, 11) is 0. The lowest BCUT2D eigenvalue weighted by atomic mass is 10.1. The molecular formula is C17H15FN2O. The number of rotatable bonds is 4. The zero-order valence-electron chi connectivity index (χ0n) is 11.7. The van der Waals surface area contributed by atoms with Crippen LogP contribution in [0.5, 0.6) is 5.75 Å². The van der Waals surface area contributed by atoms with Crippen LogP contribution in [-0.2, 0) is 0 Å². The summed E-state index contributed by atoms with van der Waals surface area (Å²) in [6, 6.07) is 16.2. The topological polar surface area (TPSA) is 27.1 Å². The van der Waals surface area contributed by atoms with Crippen LogP contribution >= 0.6 is 0 Å². The number of aromatic nitrogens is 2. The van der Waals surface area contributed by atoms with Crippen LogP contribution in [-0.4, -0.2) is 16.4 Å². The minimum Gasteiger partial charge on any atom is -0.493 e. The molecule has 0 fully saturated rings. The summed E-state index contributed by atoms with van der Waals surface area (Å²) in [6.45, 7) is 2.35. The average Bonchev–Trinajstić information content (AvgIpc) is 2.98. The maximum absolute atomic E-state index is 13.4. The molecule has 0 radical (unpaired) electrons. The van der Waals surface area contributed by atoms with Gasteiger partial charge in [0.2, 0.25) is 0 Å². The van der Waals surface area contributed by atoms with Crippen molar-refractivity contribution >= 4 is 0 Å². The van der Waals surface area contributed by atoms with Crippen LogP contribution in [0.3, 0.4) is 0 Å². The standard InChI is InChI=1S/C17H15FN2O/c1-2-21-17-12-13(18)8-9-15(17)16-10-11-20(19-16)14-6-4-3-5-7-14/h3-12H,2H2,1H3. The van der Waals surface area contributed by atoms with E-state index in [4.69, 9.17) is 4.74 Å². The molecule has 1 heterocycles. The number of benzene rings is 2. The predicted molar refractivity (Wildman–Crippen MR) is 80.1 cm³/mol. The Morgan fingerprint density at radius 3 is 2.67 bits per heavy atom. The van der Waals surface area contributed by atoms with Crippen molar-refractivity contribution in [1.82, 2.24) is 9.78 Å². The highest BCUT2D eigenvalue weighted by Crippen LogP contribution is 2.30. The lowest BCUT2D eigenvalue weighted by Gasteiger charge is -2.08. The molecule has 3 aromatic rings. The van der Waals surface area contributed by atoms with Crippen molar-refractivity contribution in [3.63, 3.8) is 0 Å². The van der Waals surface area contributed by atoms with Crippen LogP contribution in [0, 0.1) is 5.82 Å². The van der Waals surface area contributed by atoms with Gasteiger partial charge in [0.05, 0.1) is 18.0 Å². The van der Waals surface area contributed by atoms with Crippen LogP contribution in [0.25, 0.3) is 16.9 Å². The van der Waals surface area contributed by atoms with Crippen molar-refractivity contribution in [1.29, 1.82) is 0 Å². The SMILES string of the molecule is CCOc1cc(F)ccc1-c1ccn(-c2ccccc2)n1. The molecule has 0 unspecified atom stereocenters. The molecule has 0 aliphatic carbocycles. The molecule has 0 atom stereocenters. The quantitative estimate of drug-likeness (QED) is 0.721. The number of nitrogens with zero attached hydrogens (tertiary/aromatic N) is 2. The molecule has 1 aromatic heterocycles. The van der Waals surface area contributed by atoms with Crippen molar-refractivity contribution in [2.24, 2.45) is 0 Å². The Morgan fingerprint density at radius 2 is 1.90 bits per heavy atom. The van der Waals surface area contributed by atoms with Crippen molar-refractivity contribution < 1.29 is 9.13 Å². The van der Waals surface area contributed by atoms with Gasteiger partial charge in [-0.1, -0.05) is 18.2 Å². The zero-order valence-corrected chi connectivity index (χ0v) is 11.7. The molecule has 106 valence electrons.